The van der Waals surface area contributed by atoms with Crippen LogP contribution in [0.15, 0.2) is 97.1 Å². The molecule has 0 fully saturated rings. The molecule has 4 aromatic rings. The second-order valence-electron chi connectivity index (χ2n) is 11.6. The van der Waals surface area contributed by atoms with Crippen molar-refractivity contribution in [1.29, 1.82) is 0 Å². The molecule has 49 heavy (non-hydrogen) atoms. The quantitative estimate of drug-likeness (QED) is 0.168. The van der Waals surface area contributed by atoms with E-state index in [4.69, 9.17) is 18.9 Å². The Labute approximate surface area is 286 Å². The number of rotatable bonds is 16. The molecule has 0 spiro atoms. The van der Waals surface area contributed by atoms with Crippen molar-refractivity contribution in [3.05, 3.63) is 130 Å². The summed E-state index contributed by atoms with van der Waals surface area (Å²) in [7, 11) is 2.56. The van der Waals surface area contributed by atoms with E-state index in [9.17, 15) is 19.2 Å². The van der Waals surface area contributed by atoms with Crippen LogP contribution in [0.2, 0.25) is 0 Å². The third kappa shape index (κ3) is 11.2. The fraction of sp³-hybridized carbons (Fsp3) is 0.282. The highest BCUT2D eigenvalue weighted by Gasteiger charge is 2.24. The number of nitrogens with one attached hydrogen (secondary N) is 2. The van der Waals surface area contributed by atoms with Crippen molar-refractivity contribution in [2.24, 2.45) is 0 Å². The van der Waals surface area contributed by atoms with Gasteiger partial charge in [0.05, 0.1) is 14.2 Å². The van der Waals surface area contributed by atoms with Gasteiger partial charge in [0.15, 0.2) is 13.2 Å². The normalized spacial score (nSPS) is 11.8. The number of ether oxygens (including phenoxy) is 4. The summed E-state index contributed by atoms with van der Waals surface area (Å²) in [6.45, 7) is 3.27. The standard InChI is InChI=1S/C39H42N2O8/c1-26-15-17-34(48-24-36(42)40-32(38(44)46-3)21-28-11-7-5-8-12-28)30(19-26)23-31-20-27(2)16-18-35(31)49-25-37(43)41-33(39(45)47-4)22-29-13-9-6-10-14-29/h5-20,32-33H,21-25H2,1-4H3,(H,40,42)(H,41,43)/t32-,33-/m0/s1. The molecule has 0 radical (unpaired) electrons. The van der Waals surface area contributed by atoms with Gasteiger partial charge >= 0.3 is 11.9 Å². The molecule has 0 saturated heterocycles. The van der Waals surface area contributed by atoms with Crippen molar-refractivity contribution < 1.29 is 38.1 Å². The number of aryl methyl sites for hydroxylation is 2. The van der Waals surface area contributed by atoms with Gasteiger partial charge in [0, 0.05) is 19.3 Å². The molecule has 256 valence electrons. The monoisotopic (exact) mass is 666 g/mol. The Morgan fingerprint density at radius 1 is 0.571 bits per heavy atom. The van der Waals surface area contributed by atoms with Gasteiger partial charge in [-0.1, -0.05) is 96.1 Å². The predicted molar refractivity (Wildman–Crippen MR) is 184 cm³/mol. The summed E-state index contributed by atoms with van der Waals surface area (Å²) in [5.74, 6) is -1.06. The fourth-order valence-corrected chi connectivity index (χ4v) is 5.31. The van der Waals surface area contributed by atoms with Crippen molar-refractivity contribution in [1.82, 2.24) is 10.6 Å². The van der Waals surface area contributed by atoms with Gasteiger partial charge in [-0.3, -0.25) is 9.59 Å². The third-order valence-electron chi connectivity index (χ3n) is 7.74. The summed E-state index contributed by atoms with van der Waals surface area (Å²) in [5.41, 5.74) is 5.34. The second-order valence-corrected chi connectivity index (χ2v) is 11.6. The lowest BCUT2D eigenvalue weighted by Crippen LogP contribution is -2.45. The molecule has 2 amide bonds. The maximum Gasteiger partial charge on any atom is 0.328 e. The fourth-order valence-electron chi connectivity index (χ4n) is 5.31. The molecule has 0 unspecified atom stereocenters. The van der Waals surface area contributed by atoms with Crippen LogP contribution in [0.5, 0.6) is 11.5 Å². The highest BCUT2D eigenvalue weighted by atomic mass is 16.5. The maximum absolute atomic E-state index is 12.9. The predicted octanol–water partition coefficient (Wildman–Crippen LogP) is 4.45. The Hall–Kier alpha value is -5.64. The SMILES string of the molecule is COC(=O)[C@H](Cc1ccccc1)NC(=O)COc1ccc(C)cc1Cc1cc(C)ccc1OCC(=O)N[C@@H](Cc1ccccc1)C(=O)OC. The van der Waals surface area contributed by atoms with Crippen LogP contribution in [-0.4, -0.2) is 63.3 Å². The molecular weight excluding hydrogens is 624 g/mol. The van der Waals surface area contributed by atoms with E-state index in [2.05, 4.69) is 10.6 Å². The number of benzene rings is 4. The van der Waals surface area contributed by atoms with Crippen molar-refractivity contribution in [3.8, 4) is 11.5 Å². The average Bonchev–Trinajstić information content (AvgIpc) is 3.10. The molecule has 0 aliphatic rings. The summed E-state index contributed by atoms with van der Waals surface area (Å²) in [4.78, 5) is 50.7. The first-order valence-corrected chi connectivity index (χ1v) is 15.9. The largest absolute Gasteiger partial charge is 0.483 e. The lowest BCUT2D eigenvalue weighted by molar-refractivity contribution is -0.145. The smallest absolute Gasteiger partial charge is 0.328 e. The minimum Gasteiger partial charge on any atom is -0.483 e. The molecule has 0 heterocycles. The lowest BCUT2D eigenvalue weighted by atomic mass is 10.00. The Bertz CT molecular complexity index is 1600. The zero-order chi connectivity index (χ0) is 35.2. The Morgan fingerprint density at radius 3 is 1.33 bits per heavy atom. The van der Waals surface area contributed by atoms with Crippen LogP contribution in [0.25, 0.3) is 0 Å². The first kappa shape index (κ1) is 36.2. The van der Waals surface area contributed by atoms with E-state index in [1.165, 1.54) is 14.2 Å². The molecule has 0 bridgehead atoms. The van der Waals surface area contributed by atoms with Gasteiger partial charge in [0.1, 0.15) is 23.6 Å². The number of esters is 2. The van der Waals surface area contributed by atoms with Gasteiger partial charge < -0.3 is 29.6 Å². The minimum absolute atomic E-state index is 0.277. The summed E-state index contributed by atoms with van der Waals surface area (Å²) < 4.78 is 21.8. The minimum atomic E-state index is -0.869. The number of amides is 2. The highest BCUT2D eigenvalue weighted by molar-refractivity contribution is 5.86. The van der Waals surface area contributed by atoms with Crippen LogP contribution in [0.3, 0.4) is 0 Å². The van der Waals surface area contributed by atoms with Crippen molar-refractivity contribution in [2.45, 2.75) is 45.2 Å². The first-order chi connectivity index (χ1) is 23.6. The highest BCUT2D eigenvalue weighted by Crippen LogP contribution is 2.28. The molecule has 0 saturated carbocycles. The van der Waals surface area contributed by atoms with E-state index in [1.807, 2.05) is 98.8 Å². The number of methoxy groups -OCH3 is 2. The average molecular weight is 667 g/mol. The summed E-state index contributed by atoms with van der Waals surface area (Å²) in [6.07, 6.45) is 0.938. The summed E-state index contributed by atoms with van der Waals surface area (Å²) in [5, 5.41) is 5.45. The van der Waals surface area contributed by atoms with E-state index >= 15 is 0 Å². The Kier molecular flexibility index (Phi) is 13.3. The molecule has 0 aromatic heterocycles. The van der Waals surface area contributed by atoms with Crippen LogP contribution < -0.4 is 20.1 Å². The molecule has 0 aliphatic carbocycles. The molecule has 10 heteroatoms. The Morgan fingerprint density at radius 2 is 0.959 bits per heavy atom. The second kappa shape index (κ2) is 18.1. The van der Waals surface area contributed by atoms with Gasteiger partial charge in [-0.15, -0.1) is 0 Å². The lowest BCUT2D eigenvalue weighted by Gasteiger charge is -2.19. The summed E-state index contributed by atoms with van der Waals surface area (Å²) >= 11 is 0. The third-order valence-corrected chi connectivity index (χ3v) is 7.74. The number of hydrogen-bond donors (Lipinski definition) is 2. The van der Waals surface area contributed by atoms with Crippen LogP contribution in [0.4, 0.5) is 0 Å². The molecule has 2 N–H and O–H groups in total. The zero-order valence-electron chi connectivity index (χ0n) is 28.2. The first-order valence-electron chi connectivity index (χ1n) is 15.9. The van der Waals surface area contributed by atoms with Crippen LogP contribution in [-0.2, 0) is 47.9 Å². The van der Waals surface area contributed by atoms with Crippen molar-refractivity contribution in [2.75, 3.05) is 27.4 Å². The number of carbonyl (C=O) groups excluding carboxylic acids is 4. The van der Waals surface area contributed by atoms with E-state index in [-0.39, 0.29) is 26.1 Å². The number of hydrogen-bond acceptors (Lipinski definition) is 8. The maximum atomic E-state index is 12.9. The molecule has 10 nitrogen and oxygen atoms in total. The van der Waals surface area contributed by atoms with E-state index in [1.54, 1.807) is 12.1 Å². The van der Waals surface area contributed by atoms with Gasteiger partial charge in [-0.05, 0) is 48.2 Å². The molecule has 4 aromatic carbocycles. The van der Waals surface area contributed by atoms with Gasteiger partial charge in [0.2, 0.25) is 0 Å². The number of carbonyl (C=O) groups is 4. The molecule has 2 atom stereocenters. The zero-order valence-corrected chi connectivity index (χ0v) is 28.2. The molecule has 4 rings (SSSR count). The van der Waals surface area contributed by atoms with Gasteiger partial charge in [0.25, 0.3) is 11.8 Å². The van der Waals surface area contributed by atoms with Crippen LogP contribution in [0.1, 0.15) is 33.4 Å². The Balaban J connectivity index is 1.42. The van der Waals surface area contributed by atoms with Crippen molar-refractivity contribution >= 4 is 23.8 Å². The van der Waals surface area contributed by atoms with Crippen LogP contribution in [0, 0.1) is 13.8 Å². The van der Waals surface area contributed by atoms with Gasteiger partial charge in [-0.2, -0.15) is 0 Å². The van der Waals surface area contributed by atoms with Gasteiger partial charge in [-0.25, -0.2) is 9.59 Å². The van der Waals surface area contributed by atoms with E-state index < -0.39 is 35.8 Å². The van der Waals surface area contributed by atoms with E-state index in [0.29, 0.717) is 17.9 Å². The summed E-state index contributed by atoms with van der Waals surface area (Å²) in [6, 6.07) is 28.2. The van der Waals surface area contributed by atoms with E-state index in [0.717, 1.165) is 33.4 Å². The molecule has 0 aliphatic heterocycles. The topological polar surface area (TPSA) is 129 Å². The van der Waals surface area contributed by atoms with Crippen molar-refractivity contribution in [3.63, 3.8) is 0 Å². The van der Waals surface area contributed by atoms with Crippen LogP contribution >= 0.6 is 0 Å². The molecular formula is C39H42N2O8.